The van der Waals surface area contributed by atoms with Crippen LogP contribution in [0.15, 0.2) is 78.9 Å². The van der Waals surface area contributed by atoms with Gasteiger partial charge in [-0.25, -0.2) is 9.67 Å². The van der Waals surface area contributed by atoms with Gasteiger partial charge in [0.1, 0.15) is 5.75 Å². The first-order valence-corrected chi connectivity index (χ1v) is 9.78. The molecule has 0 aliphatic heterocycles. The summed E-state index contributed by atoms with van der Waals surface area (Å²) in [6.45, 7) is 4.54. The Morgan fingerprint density at radius 1 is 0.967 bits per heavy atom. The van der Waals surface area contributed by atoms with Crippen LogP contribution in [0.3, 0.4) is 0 Å². The molecule has 6 heteroatoms. The molecule has 0 radical (unpaired) electrons. The van der Waals surface area contributed by atoms with Gasteiger partial charge in [-0.1, -0.05) is 48.0 Å². The van der Waals surface area contributed by atoms with Crippen LogP contribution in [0.2, 0.25) is 0 Å². The highest BCUT2D eigenvalue weighted by Gasteiger charge is 2.19. The van der Waals surface area contributed by atoms with Crippen molar-refractivity contribution in [2.75, 3.05) is 11.9 Å². The van der Waals surface area contributed by atoms with Crippen molar-refractivity contribution in [1.29, 1.82) is 0 Å². The number of aryl methyl sites for hydroxylation is 1. The average molecular weight is 398 g/mol. The van der Waals surface area contributed by atoms with E-state index in [0.717, 1.165) is 22.6 Å². The smallest absolute Gasteiger partial charge is 0.295 e. The van der Waals surface area contributed by atoms with E-state index in [1.165, 1.54) is 0 Å². The minimum absolute atomic E-state index is 0.100. The fourth-order valence-electron chi connectivity index (χ4n) is 3.04. The molecule has 1 heterocycles. The van der Waals surface area contributed by atoms with Gasteiger partial charge in [0, 0.05) is 11.3 Å². The zero-order valence-electron chi connectivity index (χ0n) is 16.9. The van der Waals surface area contributed by atoms with Crippen LogP contribution in [0.5, 0.6) is 5.75 Å². The lowest BCUT2D eigenvalue weighted by Gasteiger charge is -2.07. The molecule has 0 aliphatic rings. The Bertz CT molecular complexity index is 1130. The van der Waals surface area contributed by atoms with Crippen molar-refractivity contribution in [3.05, 3.63) is 90.3 Å². The Morgan fingerprint density at radius 3 is 2.33 bits per heavy atom. The summed E-state index contributed by atoms with van der Waals surface area (Å²) in [5.41, 5.74) is 3.48. The van der Waals surface area contributed by atoms with Gasteiger partial charge < -0.3 is 10.1 Å². The van der Waals surface area contributed by atoms with Crippen LogP contribution >= 0.6 is 0 Å². The van der Waals surface area contributed by atoms with Gasteiger partial charge in [-0.15, -0.1) is 5.10 Å². The number of carbonyl (C=O) groups excluding carboxylic acids is 1. The zero-order valence-corrected chi connectivity index (χ0v) is 16.9. The van der Waals surface area contributed by atoms with Crippen molar-refractivity contribution in [3.63, 3.8) is 0 Å². The van der Waals surface area contributed by atoms with Gasteiger partial charge in [0.25, 0.3) is 5.91 Å². The highest BCUT2D eigenvalue weighted by molar-refractivity contribution is 6.01. The van der Waals surface area contributed by atoms with Gasteiger partial charge in [0.2, 0.25) is 5.82 Å². The molecule has 6 nitrogen and oxygen atoms in total. The van der Waals surface area contributed by atoms with Crippen LogP contribution in [-0.4, -0.2) is 27.3 Å². The Hall–Kier alpha value is -3.93. The number of hydrogen-bond acceptors (Lipinski definition) is 4. The molecule has 0 atom stereocenters. The highest BCUT2D eigenvalue weighted by atomic mass is 16.5. The van der Waals surface area contributed by atoms with Gasteiger partial charge in [0.15, 0.2) is 5.82 Å². The number of benzene rings is 3. The van der Waals surface area contributed by atoms with Crippen LogP contribution in [0.1, 0.15) is 23.1 Å². The second-order valence-electron chi connectivity index (χ2n) is 6.78. The van der Waals surface area contributed by atoms with Crippen LogP contribution < -0.4 is 10.1 Å². The monoisotopic (exact) mass is 398 g/mol. The molecule has 1 N–H and O–H groups in total. The van der Waals surface area contributed by atoms with E-state index >= 15 is 0 Å². The molecule has 0 bridgehead atoms. The van der Waals surface area contributed by atoms with Crippen molar-refractivity contribution in [2.24, 2.45) is 0 Å². The molecule has 1 aromatic heterocycles. The lowest BCUT2D eigenvalue weighted by atomic mass is 10.2. The molecule has 3 aromatic carbocycles. The summed E-state index contributed by atoms with van der Waals surface area (Å²) in [4.78, 5) is 17.3. The number of nitrogens with zero attached hydrogens (tertiary/aromatic N) is 3. The summed E-state index contributed by atoms with van der Waals surface area (Å²) in [5, 5.41) is 7.36. The van der Waals surface area contributed by atoms with Gasteiger partial charge in [-0.2, -0.15) is 0 Å². The number of ether oxygens (including phenoxy) is 1. The van der Waals surface area contributed by atoms with E-state index in [1.54, 1.807) is 4.68 Å². The Balaban J connectivity index is 1.70. The van der Waals surface area contributed by atoms with E-state index in [1.807, 2.05) is 92.7 Å². The second-order valence-corrected chi connectivity index (χ2v) is 6.78. The number of nitrogens with one attached hydrogen (secondary N) is 1. The van der Waals surface area contributed by atoms with Crippen LogP contribution in [0, 0.1) is 6.92 Å². The lowest BCUT2D eigenvalue weighted by Crippen LogP contribution is -2.14. The minimum atomic E-state index is -0.360. The summed E-state index contributed by atoms with van der Waals surface area (Å²) < 4.78 is 7.20. The predicted molar refractivity (Wildman–Crippen MR) is 117 cm³/mol. The summed E-state index contributed by atoms with van der Waals surface area (Å²) >= 11 is 0. The van der Waals surface area contributed by atoms with E-state index in [2.05, 4.69) is 15.4 Å². The first-order valence-electron chi connectivity index (χ1n) is 9.78. The maximum absolute atomic E-state index is 12.8. The van der Waals surface area contributed by atoms with Crippen molar-refractivity contribution in [2.45, 2.75) is 13.8 Å². The molecule has 0 unspecified atom stereocenters. The van der Waals surface area contributed by atoms with E-state index < -0.39 is 0 Å². The van der Waals surface area contributed by atoms with E-state index in [0.29, 0.717) is 18.1 Å². The van der Waals surface area contributed by atoms with Gasteiger partial charge in [0.05, 0.1) is 12.3 Å². The molecule has 0 aliphatic carbocycles. The number of hydrogen-bond donors (Lipinski definition) is 1. The van der Waals surface area contributed by atoms with Crippen molar-refractivity contribution in [1.82, 2.24) is 14.8 Å². The third-order valence-electron chi connectivity index (χ3n) is 4.54. The minimum Gasteiger partial charge on any atom is -0.494 e. The zero-order chi connectivity index (χ0) is 20.9. The Morgan fingerprint density at radius 2 is 1.67 bits per heavy atom. The number of amides is 1. The molecule has 0 saturated heterocycles. The Labute approximate surface area is 175 Å². The maximum Gasteiger partial charge on any atom is 0.295 e. The normalized spacial score (nSPS) is 10.6. The second kappa shape index (κ2) is 8.61. The highest BCUT2D eigenvalue weighted by Crippen LogP contribution is 2.23. The largest absolute Gasteiger partial charge is 0.494 e. The van der Waals surface area contributed by atoms with Crippen LogP contribution in [0.25, 0.3) is 17.1 Å². The molecule has 4 aromatic rings. The number of rotatable bonds is 6. The molecule has 0 fully saturated rings. The van der Waals surface area contributed by atoms with E-state index in [-0.39, 0.29) is 11.7 Å². The first kappa shape index (κ1) is 19.4. The van der Waals surface area contributed by atoms with Gasteiger partial charge in [-0.3, -0.25) is 4.79 Å². The third kappa shape index (κ3) is 4.22. The van der Waals surface area contributed by atoms with E-state index in [9.17, 15) is 4.79 Å². The number of anilines is 1. The number of carbonyl (C=O) groups is 1. The SMILES string of the molecule is CCOc1ccc(-n2nc(C(=O)Nc3ccc(C)cc3)nc2-c2ccccc2)cc1. The molecular formula is C24H22N4O2. The Kier molecular flexibility index (Phi) is 5.57. The predicted octanol–water partition coefficient (Wildman–Crippen LogP) is 4.89. The van der Waals surface area contributed by atoms with Crippen molar-refractivity contribution < 1.29 is 9.53 Å². The lowest BCUT2D eigenvalue weighted by molar-refractivity contribution is 0.101. The summed E-state index contributed by atoms with van der Waals surface area (Å²) in [6.07, 6.45) is 0. The maximum atomic E-state index is 12.8. The average Bonchev–Trinajstić information content (AvgIpc) is 3.22. The molecular weight excluding hydrogens is 376 g/mol. The molecule has 4 rings (SSSR count). The molecule has 0 saturated carbocycles. The quantitative estimate of drug-likeness (QED) is 0.502. The van der Waals surface area contributed by atoms with Crippen molar-refractivity contribution in [3.8, 4) is 22.8 Å². The van der Waals surface area contributed by atoms with Crippen molar-refractivity contribution >= 4 is 11.6 Å². The first-order chi connectivity index (χ1) is 14.6. The van der Waals surface area contributed by atoms with Crippen LogP contribution in [0.4, 0.5) is 5.69 Å². The molecule has 0 spiro atoms. The van der Waals surface area contributed by atoms with Gasteiger partial charge in [-0.05, 0) is 50.2 Å². The topological polar surface area (TPSA) is 69.0 Å². The fourth-order valence-corrected chi connectivity index (χ4v) is 3.04. The molecule has 1 amide bonds. The molecule has 150 valence electrons. The summed E-state index contributed by atoms with van der Waals surface area (Å²) in [7, 11) is 0. The third-order valence-corrected chi connectivity index (χ3v) is 4.54. The number of aromatic nitrogens is 3. The van der Waals surface area contributed by atoms with Gasteiger partial charge >= 0.3 is 0 Å². The summed E-state index contributed by atoms with van der Waals surface area (Å²) in [5.74, 6) is 1.11. The van der Waals surface area contributed by atoms with E-state index in [4.69, 9.17) is 4.74 Å². The fraction of sp³-hybridized carbons (Fsp3) is 0.125. The van der Waals surface area contributed by atoms with Crippen LogP contribution in [-0.2, 0) is 0 Å². The summed E-state index contributed by atoms with van der Waals surface area (Å²) in [6, 6.07) is 24.8. The molecule has 30 heavy (non-hydrogen) atoms. The standard InChI is InChI=1S/C24H22N4O2/c1-3-30-21-15-13-20(14-16-21)28-23(18-7-5-4-6-8-18)26-22(27-28)24(29)25-19-11-9-17(2)10-12-19/h4-16H,3H2,1-2H3,(H,25,29).